The lowest BCUT2D eigenvalue weighted by Gasteiger charge is -2.37. The van der Waals surface area contributed by atoms with E-state index >= 15 is 0 Å². The fourth-order valence-electron chi connectivity index (χ4n) is 3.32. The van der Waals surface area contributed by atoms with Crippen LogP contribution in [0.4, 0.5) is 0 Å². The molecule has 2 aliphatic rings. The molecular formula is C15H22N2O5S. The lowest BCUT2D eigenvalue weighted by atomic mass is 10.2. The molecule has 0 radical (unpaired) electrons. The van der Waals surface area contributed by atoms with Crippen molar-refractivity contribution in [2.45, 2.75) is 25.9 Å². The molecule has 3 rings (SSSR count). The molecule has 2 fully saturated rings. The van der Waals surface area contributed by atoms with Gasteiger partial charge in [-0.3, -0.25) is 14.6 Å². The van der Waals surface area contributed by atoms with Crippen molar-refractivity contribution in [2.75, 3.05) is 37.7 Å². The molecule has 128 valence electrons. The minimum absolute atomic E-state index is 0.132. The zero-order chi connectivity index (χ0) is 16.6. The molecule has 3 heterocycles. The van der Waals surface area contributed by atoms with E-state index in [9.17, 15) is 18.3 Å². The molecule has 0 saturated carbocycles. The number of nitrogens with zero attached hydrogens (tertiary/aromatic N) is 2. The van der Waals surface area contributed by atoms with E-state index in [1.54, 1.807) is 6.92 Å². The molecule has 1 N–H and O–H groups in total. The van der Waals surface area contributed by atoms with Gasteiger partial charge < -0.3 is 9.52 Å². The largest absolute Gasteiger partial charge is 0.502 e. The van der Waals surface area contributed by atoms with E-state index in [1.807, 2.05) is 0 Å². The van der Waals surface area contributed by atoms with E-state index < -0.39 is 15.3 Å². The van der Waals surface area contributed by atoms with Gasteiger partial charge in [0.1, 0.15) is 5.76 Å². The lowest BCUT2D eigenvalue weighted by Crippen LogP contribution is -2.50. The molecule has 0 aromatic carbocycles. The first-order valence-electron chi connectivity index (χ1n) is 7.83. The number of rotatable bonds is 3. The highest BCUT2D eigenvalue weighted by Crippen LogP contribution is 2.21. The summed E-state index contributed by atoms with van der Waals surface area (Å²) >= 11 is 0. The summed E-state index contributed by atoms with van der Waals surface area (Å²) in [5, 5.41) is 9.82. The standard InChI is InChI=1S/C15H22N2O5S/c1-11-8-13(18)15(19)14(22-11)9-16-3-5-17(6-4-16)12-2-7-23(20,21)10-12/h8,12,19H,2-7,9-10H2,1H3/t12-/m0/s1. The molecule has 7 nitrogen and oxygen atoms in total. The zero-order valence-electron chi connectivity index (χ0n) is 13.2. The van der Waals surface area contributed by atoms with Crippen LogP contribution >= 0.6 is 0 Å². The van der Waals surface area contributed by atoms with Gasteiger partial charge in [0.15, 0.2) is 15.6 Å². The lowest BCUT2D eigenvalue weighted by molar-refractivity contribution is 0.0937. The Hall–Kier alpha value is -1.38. The Morgan fingerprint density at radius 2 is 2.00 bits per heavy atom. The first-order valence-corrected chi connectivity index (χ1v) is 9.65. The number of hydrogen-bond acceptors (Lipinski definition) is 7. The maximum absolute atomic E-state index is 11.6. The highest BCUT2D eigenvalue weighted by Gasteiger charge is 2.33. The van der Waals surface area contributed by atoms with E-state index in [0.717, 1.165) is 32.6 Å². The van der Waals surface area contributed by atoms with Gasteiger partial charge in [0, 0.05) is 38.3 Å². The summed E-state index contributed by atoms with van der Waals surface area (Å²) in [5.74, 6) is 1.02. The van der Waals surface area contributed by atoms with Gasteiger partial charge in [-0.25, -0.2) is 8.42 Å². The predicted octanol–water partition coefficient (Wildman–Crippen LogP) is -0.0415. The summed E-state index contributed by atoms with van der Waals surface area (Å²) in [6.07, 6.45) is 0.718. The molecule has 2 saturated heterocycles. The van der Waals surface area contributed by atoms with E-state index in [1.165, 1.54) is 6.07 Å². The van der Waals surface area contributed by atoms with Crippen molar-refractivity contribution >= 4 is 9.84 Å². The Balaban J connectivity index is 1.59. The Labute approximate surface area is 135 Å². The Morgan fingerprint density at radius 1 is 1.30 bits per heavy atom. The SMILES string of the molecule is Cc1cc(=O)c(O)c(CN2CCN([C@H]3CCS(=O)(=O)C3)CC2)o1. The average molecular weight is 342 g/mol. The molecule has 0 spiro atoms. The number of piperazine rings is 1. The quantitative estimate of drug-likeness (QED) is 0.824. The molecule has 8 heteroatoms. The maximum atomic E-state index is 11.6. The van der Waals surface area contributed by atoms with Gasteiger partial charge in [-0.1, -0.05) is 0 Å². The third-order valence-electron chi connectivity index (χ3n) is 4.61. The number of hydrogen-bond donors (Lipinski definition) is 1. The van der Waals surface area contributed by atoms with Gasteiger partial charge in [-0.05, 0) is 13.3 Å². The third kappa shape index (κ3) is 3.76. The van der Waals surface area contributed by atoms with Crippen LogP contribution in [-0.4, -0.2) is 67.1 Å². The molecule has 1 atom stereocenters. The van der Waals surface area contributed by atoms with E-state index in [2.05, 4.69) is 9.80 Å². The van der Waals surface area contributed by atoms with Gasteiger partial charge in [0.2, 0.25) is 11.2 Å². The summed E-state index contributed by atoms with van der Waals surface area (Å²) in [6.45, 7) is 5.16. The second-order valence-electron chi connectivity index (χ2n) is 6.36. The summed E-state index contributed by atoms with van der Waals surface area (Å²) < 4.78 is 28.6. The van der Waals surface area contributed by atoms with Crippen LogP contribution in [0, 0.1) is 6.92 Å². The first kappa shape index (κ1) is 16.5. The molecule has 2 aliphatic heterocycles. The molecule has 1 aromatic rings. The molecule has 0 unspecified atom stereocenters. The Bertz CT molecular complexity index is 735. The Kier molecular flexibility index (Phi) is 4.48. The highest BCUT2D eigenvalue weighted by molar-refractivity contribution is 7.91. The average Bonchev–Trinajstić information content (AvgIpc) is 2.85. The van der Waals surface area contributed by atoms with Crippen molar-refractivity contribution in [2.24, 2.45) is 0 Å². The minimum atomic E-state index is -2.86. The van der Waals surface area contributed by atoms with E-state index in [4.69, 9.17) is 4.42 Å². The summed E-state index contributed by atoms with van der Waals surface area (Å²) in [5.41, 5.74) is -0.418. The monoisotopic (exact) mass is 342 g/mol. The minimum Gasteiger partial charge on any atom is -0.502 e. The maximum Gasteiger partial charge on any atom is 0.227 e. The van der Waals surface area contributed by atoms with Crippen molar-refractivity contribution in [3.05, 3.63) is 27.8 Å². The normalized spacial score (nSPS) is 25.7. The van der Waals surface area contributed by atoms with Crippen LogP contribution in [0.25, 0.3) is 0 Å². The van der Waals surface area contributed by atoms with Crippen LogP contribution in [0.2, 0.25) is 0 Å². The first-order chi connectivity index (χ1) is 10.8. The summed E-state index contributed by atoms with van der Waals surface area (Å²) in [6, 6.07) is 1.41. The summed E-state index contributed by atoms with van der Waals surface area (Å²) in [7, 11) is -2.86. The summed E-state index contributed by atoms with van der Waals surface area (Å²) in [4.78, 5) is 15.9. The number of aryl methyl sites for hydroxylation is 1. The predicted molar refractivity (Wildman–Crippen MR) is 85.3 cm³/mol. The van der Waals surface area contributed by atoms with Crippen LogP contribution < -0.4 is 5.43 Å². The molecule has 1 aromatic heterocycles. The van der Waals surface area contributed by atoms with Gasteiger partial charge in [-0.15, -0.1) is 0 Å². The number of sulfone groups is 1. The van der Waals surface area contributed by atoms with Crippen LogP contribution in [0.5, 0.6) is 5.75 Å². The molecule has 0 amide bonds. The second kappa shape index (κ2) is 6.26. The molecule has 0 aliphatic carbocycles. The Morgan fingerprint density at radius 3 is 2.61 bits per heavy atom. The number of aromatic hydroxyl groups is 1. The van der Waals surface area contributed by atoms with Crippen molar-refractivity contribution in [1.29, 1.82) is 0 Å². The smallest absolute Gasteiger partial charge is 0.227 e. The third-order valence-corrected chi connectivity index (χ3v) is 6.37. The van der Waals surface area contributed by atoms with E-state index in [-0.39, 0.29) is 17.5 Å². The fourth-order valence-corrected chi connectivity index (χ4v) is 5.08. The molecule has 0 bridgehead atoms. The van der Waals surface area contributed by atoms with Crippen molar-refractivity contribution in [3.8, 4) is 5.75 Å². The van der Waals surface area contributed by atoms with E-state index in [0.29, 0.717) is 23.8 Å². The topological polar surface area (TPSA) is 91.1 Å². The van der Waals surface area contributed by atoms with Crippen molar-refractivity contribution < 1.29 is 17.9 Å². The van der Waals surface area contributed by atoms with Gasteiger partial charge in [-0.2, -0.15) is 0 Å². The fraction of sp³-hybridized carbons (Fsp3) is 0.667. The van der Waals surface area contributed by atoms with Crippen LogP contribution in [0.15, 0.2) is 15.3 Å². The van der Waals surface area contributed by atoms with Crippen LogP contribution in [-0.2, 0) is 16.4 Å². The molecule has 23 heavy (non-hydrogen) atoms. The van der Waals surface area contributed by atoms with Gasteiger partial charge in [0.25, 0.3) is 0 Å². The molecular weight excluding hydrogens is 320 g/mol. The second-order valence-corrected chi connectivity index (χ2v) is 8.59. The van der Waals surface area contributed by atoms with Crippen molar-refractivity contribution in [3.63, 3.8) is 0 Å². The van der Waals surface area contributed by atoms with Gasteiger partial charge >= 0.3 is 0 Å². The highest BCUT2D eigenvalue weighted by atomic mass is 32.2. The van der Waals surface area contributed by atoms with Crippen LogP contribution in [0.1, 0.15) is 17.9 Å². The zero-order valence-corrected chi connectivity index (χ0v) is 14.0. The van der Waals surface area contributed by atoms with Crippen molar-refractivity contribution in [1.82, 2.24) is 9.80 Å². The van der Waals surface area contributed by atoms with Crippen LogP contribution in [0.3, 0.4) is 0 Å². The van der Waals surface area contributed by atoms with Gasteiger partial charge in [0.05, 0.1) is 18.1 Å².